The molecule has 0 saturated carbocycles. The minimum Gasteiger partial charge on any atom is -0.480 e. The normalized spacial score (nSPS) is 14.7. The summed E-state index contributed by atoms with van der Waals surface area (Å²) in [4.78, 5) is 21.4. The molecule has 76 valence electrons. The summed E-state index contributed by atoms with van der Waals surface area (Å²) in [5, 5.41) is 22.3. The van der Waals surface area contributed by atoms with Crippen molar-refractivity contribution in [1.29, 1.82) is 0 Å². The monoisotopic (exact) mass is 190 g/mol. The van der Waals surface area contributed by atoms with Crippen molar-refractivity contribution in [2.45, 2.75) is 19.1 Å². The lowest BCUT2D eigenvalue weighted by molar-refractivity contribution is -0.144. The lowest BCUT2D eigenvalue weighted by atomic mass is 10.2. The van der Waals surface area contributed by atoms with E-state index >= 15 is 0 Å². The van der Waals surface area contributed by atoms with Gasteiger partial charge in [-0.05, 0) is 14.0 Å². The fraction of sp³-hybridized carbons (Fsp3) is 0.714. The maximum Gasteiger partial charge on any atom is 0.328 e. The average Bonchev–Trinajstić information content (AvgIpc) is 1.99. The predicted octanol–water partition coefficient (Wildman–Crippen LogP) is -1.84. The summed E-state index contributed by atoms with van der Waals surface area (Å²) in [6.07, 6.45) is -1.11. The summed E-state index contributed by atoms with van der Waals surface area (Å²) in [6.45, 7) is 1.33. The number of rotatable bonds is 5. The summed E-state index contributed by atoms with van der Waals surface area (Å²) in [5.41, 5.74) is 0. The summed E-state index contributed by atoms with van der Waals surface area (Å²) >= 11 is 0. The Balaban J connectivity index is 4.10. The molecule has 4 N–H and O–H groups in total. The third-order valence-corrected chi connectivity index (χ3v) is 1.40. The van der Waals surface area contributed by atoms with Crippen LogP contribution in [0.15, 0.2) is 0 Å². The smallest absolute Gasteiger partial charge is 0.328 e. The van der Waals surface area contributed by atoms with E-state index in [0.717, 1.165) is 0 Å². The fourth-order valence-corrected chi connectivity index (χ4v) is 0.774. The van der Waals surface area contributed by atoms with Crippen LogP contribution in [0.3, 0.4) is 0 Å². The number of aliphatic hydroxyl groups is 1. The summed E-state index contributed by atoms with van der Waals surface area (Å²) in [6, 6.07) is -1.25. The fourth-order valence-electron chi connectivity index (χ4n) is 0.774. The SMILES string of the molecule is CNCC(=O)NC(C(=O)O)C(C)O. The number of likely N-dealkylation sites (N-methyl/N-ethyl adjacent to an activating group) is 1. The van der Waals surface area contributed by atoms with Gasteiger partial charge in [-0.3, -0.25) is 4.79 Å². The van der Waals surface area contributed by atoms with Crippen molar-refractivity contribution in [1.82, 2.24) is 10.6 Å². The molecule has 0 aromatic heterocycles. The molecule has 6 heteroatoms. The van der Waals surface area contributed by atoms with Crippen LogP contribution in [-0.2, 0) is 9.59 Å². The van der Waals surface area contributed by atoms with Gasteiger partial charge in [0.15, 0.2) is 6.04 Å². The highest BCUT2D eigenvalue weighted by Crippen LogP contribution is 1.92. The molecule has 0 heterocycles. The average molecular weight is 190 g/mol. The molecular formula is C7H14N2O4. The van der Waals surface area contributed by atoms with E-state index in [-0.39, 0.29) is 6.54 Å². The molecule has 0 fully saturated rings. The lowest BCUT2D eigenvalue weighted by Gasteiger charge is -2.16. The zero-order valence-electron chi connectivity index (χ0n) is 7.57. The number of carboxylic acid groups (broad SMARTS) is 1. The Bertz CT molecular complexity index is 193. The van der Waals surface area contributed by atoms with Crippen molar-refractivity contribution >= 4 is 11.9 Å². The van der Waals surface area contributed by atoms with Crippen LogP contribution in [0.25, 0.3) is 0 Å². The molecule has 0 aliphatic heterocycles. The van der Waals surface area contributed by atoms with Gasteiger partial charge in [-0.1, -0.05) is 0 Å². The van der Waals surface area contributed by atoms with Crippen molar-refractivity contribution < 1.29 is 19.8 Å². The number of nitrogens with one attached hydrogen (secondary N) is 2. The number of carboxylic acids is 1. The summed E-state index contributed by atoms with van der Waals surface area (Å²) < 4.78 is 0. The first-order valence-corrected chi connectivity index (χ1v) is 3.84. The largest absolute Gasteiger partial charge is 0.480 e. The molecule has 6 nitrogen and oxygen atoms in total. The van der Waals surface area contributed by atoms with E-state index in [2.05, 4.69) is 10.6 Å². The second-order valence-electron chi connectivity index (χ2n) is 2.65. The maximum absolute atomic E-state index is 10.9. The van der Waals surface area contributed by atoms with Crippen LogP contribution in [-0.4, -0.2) is 47.8 Å². The molecule has 13 heavy (non-hydrogen) atoms. The van der Waals surface area contributed by atoms with Gasteiger partial charge in [0.1, 0.15) is 0 Å². The van der Waals surface area contributed by atoms with Crippen molar-refractivity contribution in [2.24, 2.45) is 0 Å². The molecule has 0 saturated heterocycles. The highest BCUT2D eigenvalue weighted by Gasteiger charge is 2.24. The van der Waals surface area contributed by atoms with Crippen LogP contribution >= 0.6 is 0 Å². The zero-order valence-corrected chi connectivity index (χ0v) is 7.57. The topological polar surface area (TPSA) is 98.7 Å². The minimum absolute atomic E-state index is 0.0243. The quantitative estimate of drug-likeness (QED) is 0.408. The van der Waals surface area contributed by atoms with Gasteiger partial charge in [-0.15, -0.1) is 0 Å². The Morgan fingerprint density at radius 3 is 2.31 bits per heavy atom. The Morgan fingerprint density at radius 1 is 1.46 bits per heavy atom. The lowest BCUT2D eigenvalue weighted by Crippen LogP contribution is -2.49. The van der Waals surface area contributed by atoms with E-state index in [0.29, 0.717) is 0 Å². The summed E-state index contributed by atoms with van der Waals surface area (Å²) in [7, 11) is 1.57. The highest BCUT2D eigenvalue weighted by molar-refractivity contribution is 5.84. The molecule has 0 spiro atoms. The zero-order chi connectivity index (χ0) is 10.4. The Hall–Kier alpha value is -1.14. The second-order valence-corrected chi connectivity index (χ2v) is 2.65. The van der Waals surface area contributed by atoms with Crippen molar-refractivity contribution in [3.05, 3.63) is 0 Å². The number of hydrogen-bond acceptors (Lipinski definition) is 4. The molecule has 0 rings (SSSR count). The van der Waals surface area contributed by atoms with E-state index in [1.807, 2.05) is 0 Å². The first kappa shape index (κ1) is 11.9. The van der Waals surface area contributed by atoms with E-state index in [9.17, 15) is 9.59 Å². The van der Waals surface area contributed by atoms with Gasteiger partial charge in [0, 0.05) is 0 Å². The minimum atomic E-state index is -1.25. The first-order chi connectivity index (χ1) is 5.99. The Kier molecular flexibility index (Phi) is 5.01. The molecule has 2 atom stereocenters. The van der Waals surface area contributed by atoms with Crippen LogP contribution in [0.5, 0.6) is 0 Å². The molecular weight excluding hydrogens is 176 g/mol. The third kappa shape index (κ3) is 4.44. The number of aliphatic hydroxyl groups excluding tert-OH is 1. The first-order valence-electron chi connectivity index (χ1n) is 3.84. The van der Waals surface area contributed by atoms with E-state index < -0.39 is 24.0 Å². The molecule has 0 aromatic rings. The van der Waals surface area contributed by atoms with Crippen LogP contribution in [0, 0.1) is 0 Å². The second kappa shape index (κ2) is 5.50. The van der Waals surface area contributed by atoms with Gasteiger partial charge in [-0.2, -0.15) is 0 Å². The molecule has 0 aliphatic carbocycles. The van der Waals surface area contributed by atoms with Gasteiger partial charge >= 0.3 is 5.97 Å². The Labute approximate surface area is 75.9 Å². The highest BCUT2D eigenvalue weighted by atomic mass is 16.4. The van der Waals surface area contributed by atoms with Gasteiger partial charge in [0.05, 0.1) is 12.6 Å². The summed E-state index contributed by atoms with van der Waals surface area (Å²) in [5.74, 6) is -1.71. The van der Waals surface area contributed by atoms with Crippen LogP contribution < -0.4 is 10.6 Å². The number of carbonyl (C=O) groups excluding carboxylic acids is 1. The van der Waals surface area contributed by atoms with Gasteiger partial charge in [0.2, 0.25) is 5.91 Å². The van der Waals surface area contributed by atoms with E-state index in [1.165, 1.54) is 6.92 Å². The standard InChI is InChI=1S/C7H14N2O4/c1-4(10)6(7(12)13)9-5(11)3-8-2/h4,6,8,10H,3H2,1-2H3,(H,9,11)(H,12,13). The molecule has 0 aromatic carbocycles. The van der Waals surface area contributed by atoms with Gasteiger partial charge in [0.25, 0.3) is 0 Å². The maximum atomic E-state index is 10.9. The molecule has 0 aliphatic rings. The predicted molar refractivity (Wildman–Crippen MR) is 45.2 cm³/mol. The number of hydrogen-bond donors (Lipinski definition) is 4. The number of aliphatic carboxylic acids is 1. The number of carbonyl (C=O) groups is 2. The Morgan fingerprint density at radius 2 is 2.00 bits per heavy atom. The van der Waals surface area contributed by atoms with Crippen LogP contribution in [0.2, 0.25) is 0 Å². The van der Waals surface area contributed by atoms with Gasteiger partial charge in [-0.25, -0.2) is 4.79 Å². The van der Waals surface area contributed by atoms with E-state index in [1.54, 1.807) is 7.05 Å². The van der Waals surface area contributed by atoms with Crippen molar-refractivity contribution in [3.8, 4) is 0 Å². The molecule has 0 radical (unpaired) electrons. The van der Waals surface area contributed by atoms with Crippen molar-refractivity contribution in [2.75, 3.05) is 13.6 Å². The van der Waals surface area contributed by atoms with Gasteiger partial charge < -0.3 is 20.8 Å². The van der Waals surface area contributed by atoms with Crippen LogP contribution in [0.1, 0.15) is 6.92 Å². The number of amides is 1. The van der Waals surface area contributed by atoms with Crippen LogP contribution in [0.4, 0.5) is 0 Å². The van der Waals surface area contributed by atoms with E-state index in [4.69, 9.17) is 10.2 Å². The van der Waals surface area contributed by atoms with Crippen molar-refractivity contribution in [3.63, 3.8) is 0 Å². The molecule has 0 bridgehead atoms. The molecule has 1 amide bonds. The third-order valence-electron chi connectivity index (χ3n) is 1.40. The molecule has 2 unspecified atom stereocenters.